The van der Waals surface area contributed by atoms with Crippen LogP contribution in [-0.2, 0) is 4.74 Å². The van der Waals surface area contributed by atoms with Gasteiger partial charge in [0, 0.05) is 12.2 Å². The number of halogens is 1. The van der Waals surface area contributed by atoms with Gasteiger partial charge in [-0.3, -0.25) is 0 Å². The summed E-state index contributed by atoms with van der Waals surface area (Å²) in [5, 5.41) is 9.22. The number of anilines is 1. The van der Waals surface area contributed by atoms with Crippen LogP contribution in [0.1, 0.15) is 24.2 Å². The van der Waals surface area contributed by atoms with Crippen molar-refractivity contribution in [1.29, 1.82) is 0 Å². The molecule has 1 fully saturated rings. The van der Waals surface area contributed by atoms with Crippen LogP contribution < -0.4 is 4.90 Å². The lowest BCUT2D eigenvalue weighted by Gasteiger charge is -2.43. The fourth-order valence-corrected chi connectivity index (χ4v) is 2.44. The van der Waals surface area contributed by atoms with Crippen molar-refractivity contribution in [3.05, 3.63) is 28.8 Å². The van der Waals surface area contributed by atoms with Gasteiger partial charge in [-0.2, -0.15) is 0 Å². The molecule has 0 spiro atoms. The Morgan fingerprint density at radius 1 is 1.50 bits per heavy atom. The van der Waals surface area contributed by atoms with Crippen LogP contribution in [0.2, 0.25) is 5.02 Å². The normalized spacial score (nSPS) is 18.7. The van der Waals surface area contributed by atoms with Crippen molar-refractivity contribution in [3.63, 3.8) is 0 Å². The summed E-state index contributed by atoms with van der Waals surface area (Å²) in [5.41, 5.74) is 0.941. The van der Waals surface area contributed by atoms with E-state index in [1.165, 1.54) is 0 Å². The zero-order chi connectivity index (χ0) is 13.3. The van der Waals surface area contributed by atoms with E-state index in [0.717, 1.165) is 12.2 Å². The largest absolute Gasteiger partial charge is 0.478 e. The maximum atomic E-state index is 10.9. The highest BCUT2D eigenvalue weighted by Gasteiger charge is 2.31. The molecule has 0 radical (unpaired) electrons. The first-order valence-electron chi connectivity index (χ1n) is 5.80. The first-order chi connectivity index (χ1) is 8.42. The van der Waals surface area contributed by atoms with E-state index in [0.29, 0.717) is 13.2 Å². The average molecular weight is 270 g/mol. The third-order valence-corrected chi connectivity index (χ3v) is 3.45. The van der Waals surface area contributed by atoms with Crippen molar-refractivity contribution in [2.75, 3.05) is 24.7 Å². The molecule has 0 aliphatic carbocycles. The molecule has 1 saturated heterocycles. The zero-order valence-electron chi connectivity index (χ0n) is 10.4. The van der Waals surface area contributed by atoms with Gasteiger partial charge in [-0.25, -0.2) is 4.79 Å². The molecule has 0 amide bonds. The Bertz CT molecular complexity index is 473. The predicted molar refractivity (Wildman–Crippen MR) is 70.7 cm³/mol. The molecule has 0 unspecified atom stereocenters. The van der Waals surface area contributed by atoms with Crippen molar-refractivity contribution in [1.82, 2.24) is 0 Å². The molecule has 2 rings (SSSR count). The molecule has 18 heavy (non-hydrogen) atoms. The van der Waals surface area contributed by atoms with E-state index in [1.54, 1.807) is 18.2 Å². The number of ether oxygens (including phenoxy) is 1. The molecule has 4 nitrogen and oxygen atoms in total. The van der Waals surface area contributed by atoms with E-state index >= 15 is 0 Å². The number of nitrogens with zero attached hydrogens (tertiary/aromatic N) is 1. The van der Waals surface area contributed by atoms with Crippen molar-refractivity contribution in [2.24, 2.45) is 0 Å². The number of morpholine rings is 1. The molecule has 0 aromatic heterocycles. The molecule has 1 heterocycles. The fraction of sp³-hybridized carbons (Fsp3) is 0.462. The van der Waals surface area contributed by atoms with E-state index in [9.17, 15) is 4.79 Å². The van der Waals surface area contributed by atoms with Gasteiger partial charge in [0.2, 0.25) is 0 Å². The van der Waals surface area contributed by atoms with Gasteiger partial charge in [-0.1, -0.05) is 11.6 Å². The summed E-state index contributed by atoms with van der Waals surface area (Å²) in [5.74, 6) is -1.01. The Morgan fingerprint density at radius 2 is 2.22 bits per heavy atom. The molecule has 98 valence electrons. The third-order valence-electron chi connectivity index (χ3n) is 3.14. The van der Waals surface area contributed by atoms with E-state index in [2.05, 4.69) is 18.7 Å². The number of rotatable bonds is 2. The van der Waals surface area contributed by atoms with Crippen LogP contribution in [-0.4, -0.2) is 36.4 Å². The monoisotopic (exact) mass is 269 g/mol. The fourth-order valence-electron chi connectivity index (χ4n) is 2.18. The zero-order valence-corrected chi connectivity index (χ0v) is 11.2. The smallest absolute Gasteiger partial charge is 0.337 e. The van der Waals surface area contributed by atoms with Crippen LogP contribution in [0.15, 0.2) is 18.2 Å². The Morgan fingerprint density at radius 3 is 2.78 bits per heavy atom. The maximum Gasteiger partial charge on any atom is 0.337 e. The summed E-state index contributed by atoms with van der Waals surface area (Å²) in [7, 11) is 0. The van der Waals surface area contributed by atoms with Gasteiger partial charge >= 0.3 is 5.97 Å². The quantitative estimate of drug-likeness (QED) is 0.897. The van der Waals surface area contributed by atoms with E-state index in [4.69, 9.17) is 21.4 Å². The Hall–Kier alpha value is -1.26. The van der Waals surface area contributed by atoms with Crippen molar-refractivity contribution < 1.29 is 14.6 Å². The lowest BCUT2D eigenvalue weighted by atomic mass is 10.0. The second-order valence-electron chi connectivity index (χ2n) is 4.99. The molecule has 1 N–H and O–H groups in total. The van der Waals surface area contributed by atoms with Crippen molar-refractivity contribution in [2.45, 2.75) is 19.4 Å². The van der Waals surface area contributed by atoms with E-state index in [1.807, 2.05) is 0 Å². The highest BCUT2D eigenvalue weighted by atomic mass is 35.5. The number of benzene rings is 1. The summed E-state index contributed by atoms with van der Waals surface area (Å²) < 4.78 is 5.46. The minimum Gasteiger partial charge on any atom is -0.478 e. The first-order valence-corrected chi connectivity index (χ1v) is 6.18. The van der Waals surface area contributed by atoms with Gasteiger partial charge in [0.05, 0.1) is 29.3 Å². The van der Waals surface area contributed by atoms with Crippen LogP contribution in [0.3, 0.4) is 0 Å². The standard InChI is InChI=1S/C13H16ClNO3/c1-13(2)8-18-6-5-15(13)9-3-4-10(12(16)17)11(14)7-9/h3-4,7H,5-6,8H2,1-2H3,(H,16,17). The minimum atomic E-state index is -1.01. The number of carbonyl (C=O) groups is 1. The third kappa shape index (κ3) is 2.44. The van der Waals surface area contributed by atoms with Gasteiger partial charge in [0.1, 0.15) is 0 Å². The lowest BCUT2D eigenvalue weighted by molar-refractivity contribution is 0.0643. The predicted octanol–water partition coefficient (Wildman–Crippen LogP) is 2.65. The lowest BCUT2D eigenvalue weighted by Crippen LogP contribution is -2.53. The number of carboxylic acids is 1. The number of hydrogen-bond acceptors (Lipinski definition) is 3. The Kier molecular flexibility index (Phi) is 3.50. The van der Waals surface area contributed by atoms with Gasteiger partial charge < -0.3 is 14.7 Å². The van der Waals surface area contributed by atoms with Crippen molar-refractivity contribution in [3.8, 4) is 0 Å². The summed E-state index contributed by atoms with van der Waals surface area (Å²) in [6.45, 7) is 6.26. The molecule has 1 aromatic rings. The van der Waals surface area contributed by atoms with E-state index < -0.39 is 5.97 Å². The molecule has 0 atom stereocenters. The molecule has 1 aliphatic rings. The molecule has 5 heteroatoms. The summed E-state index contributed by atoms with van der Waals surface area (Å²) >= 11 is 6.00. The average Bonchev–Trinajstić information content (AvgIpc) is 2.27. The second-order valence-corrected chi connectivity index (χ2v) is 5.39. The van der Waals surface area contributed by atoms with Gasteiger partial charge in [-0.05, 0) is 32.0 Å². The summed E-state index contributed by atoms with van der Waals surface area (Å²) in [6, 6.07) is 5.05. The topological polar surface area (TPSA) is 49.8 Å². The number of carboxylic acid groups (broad SMARTS) is 1. The molecular weight excluding hydrogens is 254 g/mol. The summed E-state index contributed by atoms with van der Waals surface area (Å²) in [6.07, 6.45) is 0. The Balaban J connectivity index is 2.34. The first kappa shape index (κ1) is 13.2. The summed E-state index contributed by atoms with van der Waals surface area (Å²) in [4.78, 5) is 13.1. The molecule has 1 aromatic carbocycles. The molecule has 1 aliphatic heterocycles. The molecular formula is C13H16ClNO3. The SMILES string of the molecule is CC1(C)COCCN1c1ccc(C(=O)O)c(Cl)c1. The van der Waals surface area contributed by atoms with Crippen LogP contribution in [0.25, 0.3) is 0 Å². The van der Waals surface area contributed by atoms with Crippen LogP contribution in [0.4, 0.5) is 5.69 Å². The van der Waals surface area contributed by atoms with E-state index in [-0.39, 0.29) is 16.1 Å². The molecule has 0 bridgehead atoms. The van der Waals surface area contributed by atoms with Crippen LogP contribution in [0, 0.1) is 0 Å². The van der Waals surface area contributed by atoms with Gasteiger partial charge in [0.25, 0.3) is 0 Å². The maximum absolute atomic E-state index is 10.9. The highest BCUT2D eigenvalue weighted by molar-refractivity contribution is 6.33. The minimum absolute atomic E-state index is 0.119. The second kappa shape index (κ2) is 4.78. The number of hydrogen-bond donors (Lipinski definition) is 1. The van der Waals surface area contributed by atoms with Crippen LogP contribution in [0.5, 0.6) is 0 Å². The van der Waals surface area contributed by atoms with Crippen molar-refractivity contribution >= 4 is 23.3 Å². The van der Waals surface area contributed by atoms with Gasteiger partial charge in [-0.15, -0.1) is 0 Å². The number of aromatic carboxylic acids is 1. The molecule has 0 saturated carbocycles. The Labute approximate surface area is 111 Å². The van der Waals surface area contributed by atoms with Crippen LogP contribution >= 0.6 is 11.6 Å². The van der Waals surface area contributed by atoms with Gasteiger partial charge in [0.15, 0.2) is 0 Å². The highest BCUT2D eigenvalue weighted by Crippen LogP contribution is 2.30.